The maximum atomic E-state index is 11.9. The van der Waals surface area contributed by atoms with Crippen LogP contribution in [-0.2, 0) is 0 Å². The number of anilines is 1. The number of pyridine rings is 1. The van der Waals surface area contributed by atoms with Crippen LogP contribution in [0.1, 0.15) is 23.3 Å². The Morgan fingerprint density at radius 3 is 2.74 bits per heavy atom. The van der Waals surface area contributed by atoms with E-state index in [0.29, 0.717) is 24.7 Å². The molecule has 5 heteroatoms. The Morgan fingerprint density at radius 1 is 1.47 bits per heavy atom. The van der Waals surface area contributed by atoms with Crippen LogP contribution in [0.25, 0.3) is 0 Å². The van der Waals surface area contributed by atoms with Gasteiger partial charge in [0.25, 0.3) is 5.91 Å². The van der Waals surface area contributed by atoms with Gasteiger partial charge in [-0.3, -0.25) is 9.78 Å². The Bertz CT molecular complexity index is 505. The smallest absolute Gasteiger partial charge is 0.272 e. The Hall–Kier alpha value is -1.62. The lowest BCUT2D eigenvalue weighted by atomic mass is 9.88. The van der Waals surface area contributed by atoms with Crippen LogP contribution in [0.4, 0.5) is 5.69 Å². The second kappa shape index (κ2) is 4.20. The number of hydrogen-bond donors (Lipinski definition) is 1. The van der Waals surface area contributed by atoms with Crippen molar-refractivity contribution < 1.29 is 9.90 Å². The van der Waals surface area contributed by atoms with E-state index >= 15 is 0 Å². The Kier molecular flexibility index (Phi) is 2.74. The summed E-state index contributed by atoms with van der Waals surface area (Å²) in [6.07, 6.45) is 3.94. The minimum atomic E-state index is -0.505. The van der Waals surface area contributed by atoms with Crippen molar-refractivity contribution in [3.8, 4) is 0 Å². The fraction of sp³-hybridized carbons (Fsp3) is 0.571. The zero-order chi connectivity index (χ0) is 13.6. The third kappa shape index (κ3) is 2.18. The second-order valence-corrected chi connectivity index (χ2v) is 5.83. The third-order valence-corrected chi connectivity index (χ3v) is 4.00. The number of hydrogen-bond acceptors (Lipinski definition) is 4. The topological polar surface area (TPSA) is 56.7 Å². The van der Waals surface area contributed by atoms with E-state index in [-0.39, 0.29) is 5.91 Å². The summed E-state index contributed by atoms with van der Waals surface area (Å²) in [5.41, 5.74) is 0.907. The molecule has 5 nitrogen and oxygen atoms in total. The number of carbonyl (C=O) groups is 1. The van der Waals surface area contributed by atoms with Crippen LogP contribution in [0.15, 0.2) is 18.3 Å². The van der Waals surface area contributed by atoms with E-state index in [2.05, 4.69) is 9.88 Å². The third-order valence-electron chi connectivity index (χ3n) is 4.00. The summed E-state index contributed by atoms with van der Waals surface area (Å²) < 4.78 is 0. The standard InChI is InChI=1S/C14H19N3O2/c1-16(2)13(18)12-7-11(5-6-15-12)17-8-14(19,9-17)10-3-4-10/h5-7,10,19H,3-4,8-9H2,1-2H3. The molecule has 19 heavy (non-hydrogen) atoms. The van der Waals surface area contributed by atoms with Crippen molar-refractivity contribution in [1.29, 1.82) is 0 Å². The molecule has 1 aromatic rings. The van der Waals surface area contributed by atoms with Crippen LogP contribution in [0, 0.1) is 5.92 Å². The van der Waals surface area contributed by atoms with E-state index in [1.165, 1.54) is 4.90 Å². The molecule has 0 unspecified atom stereocenters. The minimum Gasteiger partial charge on any atom is -0.386 e. The van der Waals surface area contributed by atoms with Crippen molar-refractivity contribution in [2.24, 2.45) is 5.92 Å². The zero-order valence-corrected chi connectivity index (χ0v) is 11.3. The van der Waals surface area contributed by atoms with E-state index in [4.69, 9.17) is 0 Å². The van der Waals surface area contributed by atoms with Crippen molar-refractivity contribution in [3.63, 3.8) is 0 Å². The van der Waals surface area contributed by atoms with E-state index in [1.807, 2.05) is 6.07 Å². The molecule has 2 fully saturated rings. The van der Waals surface area contributed by atoms with Crippen LogP contribution in [0.2, 0.25) is 0 Å². The summed E-state index contributed by atoms with van der Waals surface area (Å²) >= 11 is 0. The van der Waals surface area contributed by atoms with Crippen molar-refractivity contribution in [2.75, 3.05) is 32.1 Å². The maximum Gasteiger partial charge on any atom is 0.272 e. The largest absolute Gasteiger partial charge is 0.386 e. The molecule has 1 aliphatic heterocycles. The number of aromatic nitrogens is 1. The summed E-state index contributed by atoms with van der Waals surface area (Å²) in [6.45, 7) is 1.33. The number of rotatable bonds is 3. The number of nitrogens with zero attached hydrogens (tertiary/aromatic N) is 3. The summed E-state index contributed by atoms with van der Waals surface area (Å²) in [5.74, 6) is 0.383. The molecule has 102 valence electrons. The Labute approximate surface area is 112 Å². The Morgan fingerprint density at radius 2 is 2.16 bits per heavy atom. The molecule has 0 bridgehead atoms. The lowest BCUT2D eigenvalue weighted by Gasteiger charge is -2.48. The van der Waals surface area contributed by atoms with Gasteiger partial charge in [-0.15, -0.1) is 0 Å². The highest BCUT2D eigenvalue weighted by Gasteiger charge is 2.51. The summed E-state index contributed by atoms with van der Waals surface area (Å²) in [6, 6.07) is 3.69. The predicted octanol–water partition coefficient (Wildman–Crippen LogP) is 0.744. The van der Waals surface area contributed by atoms with Gasteiger partial charge in [0.2, 0.25) is 0 Å². The van der Waals surface area contributed by atoms with Gasteiger partial charge in [0.15, 0.2) is 0 Å². The van der Waals surface area contributed by atoms with Gasteiger partial charge in [-0.25, -0.2) is 0 Å². The van der Waals surface area contributed by atoms with Gasteiger partial charge in [0.05, 0.1) is 0 Å². The lowest BCUT2D eigenvalue weighted by molar-refractivity contribution is -0.00931. The number of carbonyl (C=O) groups excluding carboxylic acids is 1. The molecule has 0 atom stereocenters. The van der Waals surface area contributed by atoms with Crippen LogP contribution in [-0.4, -0.2) is 53.7 Å². The van der Waals surface area contributed by atoms with Crippen molar-refractivity contribution >= 4 is 11.6 Å². The maximum absolute atomic E-state index is 11.9. The quantitative estimate of drug-likeness (QED) is 0.872. The fourth-order valence-electron chi connectivity index (χ4n) is 2.64. The molecular formula is C14H19N3O2. The van der Waals surface area contributed by atoms with Crippen molar-refractivity contribution in [3.05, 3.63) is 24.0 Å². The highest BCUT2D eigenvalue weighted by molar-refractivity contribution is 5.92. The first kappa shape index (κ1) is 12.4. The van der Waals surface area contributed by atoms with E-state index in [1.54, 1.807) is 26.4 Å². The van der Waals surface area contributed by atoms with Gasteiger partial charge in [0.1, 0.15) is 11.3 Å². The average molecular weight is 261 g/mol. The number of amides is 1. The van der Waals surface area contributed by atoms with E-state index in [0.717, 1.165) is 18.5 Å². The monoisotopic (exact) mass is 261 g/mol. The molecule has 2 aliphatic rings. The molecule has 0 radical (unpaired) electrons. The normalized spacial score (nSPS) is 20.9. The second-order valence-electron chi connectivity index (χ2n) is 5.83. The van der Waals surface area contributed by atoms with E-state index < -0.39 is 5.60 Å². The summed E-state index contributed by atoms with van der Waals surface area (Å²) in [7, 11) is 3.43. The molecule has 3 rings (SSSR count). The van der Waals surface area contributed by atoms with Crippen molar-refractivity contribution in [1.82, 2.24) is 9.88 Å². The van der Waals surface area contributed by atoms with Gasteiger partial charge in [-0.05, 0) is 30.9 Å². The molecule has 1 aliphatic carbocycles. The SMILES string of the molecule is CN(C)C(=O)c1cc(N2CC(O)(C3CC3)C2)ccn1. The van der Waals surface area contributed by atoms with Gasteiger partial charge in [-0.2, -0.15) is 0 Å². The van der Waals surface area contributed by atoms with Crippen LogP contribution >= 0.6 is 0 Å². The molecule has 1 aromatic heterocycles. The fourth-order valence-corrected chi connectivity index (χ4v) is 2.64. The van der Waals surface area contributed by atoms with Gasteiger partial charge < -0.3 is 14.9 Å². The predicted molar refractivity (Wildman–Crippen MR) is 72.1 cm³/mol. The van der Waals surface area contributed by atoms with Crippen LogP contribution < -0.4 is 4.90 Å². The molecule has 2 heterocycles. The molecule has 1 N–H and O–H groups in total. The lowest BCUT2D eigenvalue weighted by Crippen LogP contribution is -2.63. The van der Waals surface area contributed by atoms with Gasteiger partial charge in [0, 0.05) is 39.1 Å². The Balaban J connectivity index is 1.72. The first-order valence-corrected chi connectivity index (χ1v) is 6.65. The van der Waals surface area contributed by atoms with Crippen LogP contribution in [0.5, 0.6) is 0 Å². The molecular weight excluding hydrogens is 242 g/mol. The molecule has 1 saturated carbocycles. The van der Waals surface area contributed by atoms with Gasteiger partial charge >= 0.3 is 0 Å². The number of β-amino-alcohol motifs (C(OH)–C–C–N with tert-alkyl or cyclic N) is 1. The molecule has 0 spiro atoms. The van der Waals surface area contributed by atoms with Crippen LogP contribution in [0.3, 0.4) is 0 Å². The molecule has 1 saturated heterocycles. The molecule has 1 amide bonds. The summed E-state index contributed by atoms with van der Waals surface area (Å²) in [5, 5.41) is 10.3. The minimum absolute atomic E-state index is 0.0974. The van der Waals surface area contributed by atoms with Crippen molar-refractivity contribution in [2.45, 2.75) is 18.4 Å². The van der Waals surface area contributed by atoms with Gasteiger partial charge in [-0.1, -0.05) is 0 Å². The number of aliphatic hydroxyl groups is 1. The first-order chi connectivity index (χ1) is 8.99. The van der Waals surface area contributed by atoms with E-state index in [9.17, 15) is 9.90 Å². The zero-order valence-electron chi connectivity index (χ0n) is 11.3. The average Bonchev–Trinajstić information content (AvgIpc) is 3.18. The first-order valence-electron chi connectivity index (χ1n) is 6.65. The molecule has 0 aromatic carbocycles. The summed E-state index contributed by atoms with van der Waals surface area (Å²) in [4.78, 5) is 19.6. The highest BCUT2D eigenvalue weighted by atomic mass is 16.3. The highest BCUT2D eigenvalue weighted by Crippen LogP contribution is 2.45.